The zero-order valence-electron chi connectivity index (χ0n) is 11.7. The van der Waals surface area contributed by atoms with Crippen molar-refractivity contribution in [3.05, 3.63) is 46.1 Å². The minimum absolute atomic E-state index is 0.574. The van der Waals surface area contributed by atoms with Crippen LogP contribution in [-0.4, -0.2) is 15.0 Å². The summed E-state index contributed by atoms with van der Waals surface area (Å²) in [6.07, 6.45) is 1.58. The first-order valence-corrected chi connectivity index (χ1v) is 8.49. The van der Waals surface area contributed by atoms with E-state index in [4.69, 9.17) is 4.42 Å². The van der Waals surface area contributed by atoms with Crippen LogP contribution in [0.25, 0.3) is 21.7 Å². The topological polar surface area (TPSA) is 63.8 Å². The summed E-state index contributed by atoms with van der Waals surface area (Å²) in [4.78, 5) is 13.9. The molecule has 0 saturated heterocycles. The molecule has 0 unspecified atom stereocenters. The molecule has 5 nitrogen and oxygen atoms in total. The van der Waals surface area contributed by atoms with Crippen LogP contribution in [0.2, 0.25) is 0 Å². The number of aryl methyl sites for hydroxylation is 1. The number of nitrogens with one attached hydrogen (secondary N) is 1. The van der Waals surface area contributed by atoms with E-state index in [0.717, 1.165) is 38.3 Å². The average Bonchev–Trinajstić information content (AvgIpc) is 3.24. The molecule has 0 fully saturated rings. The lowest BCUT2D eigenvalue weighted by Gasteiger charge is -2.04. The predicted octanol–water partition coefficient (Wildman–Crippen LogP) is 4.33. The third-order valence-corrected chi connectivity index (χ3v) is 4.82. The lowest BCUT2D eigenvalue weighted by atomic mass is 10.3. The van der Waals surface area contributed by atoms with E-state index in [1.807, 2.05) is 35.9 Å². The second-order valence-electron chi connectivity index (χ2n) is 4.73. The Labute approximate surface area is 134 Å². The first-order chi connectivity index (χ1) is 10.8. The molecule has 0 spiro atoms. The zero-order chi connectivity index (χ0) is 14.9. The summed E-state index contributed by atoms with van der Waals surface area (Å²) in [6, 6.07) is 5.93. The predicted molar refractivity (Wildman–Crippen MR) is 89.3 cm³/mol. The molecule has 110 valence electrons. The summed E-state index contributed by atoms with van der Waals surface area (Å²) < 4.78 is 5.84. The molecule has 7 heteroatoms. The summed E-state index contributed by atoms with van der Waals surface area (Å²) in [7, 11) is 0. The maximum Gasteiger partial charge on any atom is 0.153 e. The largest absolute Gasteiger partial charge is 0.458 e. The van der Waals surface area contributed by atoms with Crippen LogP contribution in [0.15, 0.2) is 39.7 Å². The molecule has 0 bridgehead atoms. The van der Waals surface area contributed by atoms with E-state index >= 15 is 0 Å². The zero-order valence-corrected chi connectivity index (χ0v) is 13.4. The number of thiazole rings is 1. The lowest BCUT2D eigenvalue weighted by molar-refractivity contribution is 0.529. The van der Waals surface area contributed by atoms with Crippen molar-refractivity contribution in [3.63, 3.8) is 0 Å². The Balaban J connectivity index is 1.52. The highest BCUT2D eigenvalue weighted by Gasteiger charge is 2.09. The molecule has 0 saturated carbocycles. The number of anilines is 1. The number of rotatable bonds is 4. The molecule has 0 aliphatic carbocycles. The van der Waals surface area contributed by atoms with Crippen LogP contribution >= 0.6 is 22.7 Å². The van der Waals surface area contributed by atoms with Crippen LogP contribution in [0.5, 0.6) is 0 Å². The van der Waals surface area contributed by atoms with Crippen LogP contribution in [0, 0.1) is 6.92 Å². The summed E-state index contributed by atoms with van der Waals surface area (Å²) in [5, 5.41) is 9.39. The van der Waals surface area contributed by atoms with Crippen molar-refractivity contribution < 1.29 is 4.42 Å². The van der Waals surface area contributed by atoms with E-state index in [-0.39, 0.29) is 0 Å². The number of hydrogen-bond acceptors (Lipinski definition) is 7. The Morgan fingerprint density at radius 2 is 2.14 bits per heavy atom. The number of hydrogen-bond donors (Lipinski definition) is 1. The number of nitrogens with zero attached hydrogens (tertiary/aromatic N) is 3. The van der Waals surface area contributed by atoms with E-state index in [9.17, 15) is 0 Å². The molecule has 4 heterocycles. The van der Waals surface area contributed by atoms with Gasteiger partial charge in [0.25, 0.3) is 0 Å². The van der Waals surface area contributed by atoms with Crippen molar-refractivity contribution in [3.8, 4) is 11.5 Å². The van der Waals surface area contributed by atoms with Gasteiger partial charge in [0, 0.05) is 5.38 Å². The molecule has 0 radical (unpaired) electrons. The van der Waals surface area contributed by atoms with Gasteiger partial charge >= 0.3 is 0 Å². The number of aromatic nitrogens is 3. The molecular weight excluding hydrogens is 316 g/mol. The van der Waals surface area contributed by atoms with Crippen LogP contribution in [0.1, 0.15) is 10.8 Å². The van der Waals surface area contributed by atoms with E-state index in [0.29, 0.717) is 6.54 Å². The van der Waals surface area contributed by atoms with E-state index in [1.165, 1.54) is 0 Å². The molecule has 4 rings (SSSR count). The fraction of sp³-hybridized carbons (Fsp3) is 0.133. The monoisotopic (exact) mass is 328 g/mol. The summed E-state index contributed by atoms with van der Waals surface area (Å²) in [5.74, 6) is 2.47. The highest BCUT2D eigenvalue weighted by molar-refractivity contribution is 7.16. The smallest absolute Gasteiger partial charge is 0.153 e. The van der Waals surface area contributed by atoms with Crippen LogP contribution in [-0.2, 0) is 6.54 Å². The lowest BCUT2D eigenvalue weighted by Crippen LogP contribution is -2.00. The van der Waals surface area contributed by atoms with Gasteiger partial charge in [0.1, 0.15) is 28.4 Å². The van der Waals surface area contributed by atoms with E-state index in [2.05, 4.69) is 20.3 Å². The van der Waals surface area contributed by atoms with Crippen LogP contribution < -0.4 is 5.32 Å². The maximum absolute atomic E-state index is 5.84. The maximum atomic E-state index is 5.84. The fourth-order valence-electron chi connectivity index (χ4n) is 2.19. The third kappa shape index (κ3) is 2.49. The molecule has 0 atom stereocenters. The summed E-state index contributed by atoms with van der Waals surface area (Å²) in [6.45, 7) is 2.56. The fourth-order valence-corrected chi connectivity index (χ4v) is 3.52. The van der Waals surface area contributed by atoms with Crippen LogP contribution in [0.3, 0.4) is 0 Å². The second kappa shape index (κ2) is 5.51. The Bertz CT molecular complexity index is 924. The SMILES string of the molecule is Cc1nc(-c2ccc(CNc3ncnc4sccc34)o2)cs1. The highest BCUT2D eigenvalue weighted by Crippen LogP contribution is 2.26. The van der Waals surface area contributed by atoms with Crippen molar-refractivity contribution >= 4 is 38.7 Å². The van der Waals surface area contributed by atoms with Gasteiger partial charge in [-0.25, -0.2) is 15.0 Å². The normalized spacial score (nSPS) is 11.1. The van der Waals surface area contributed by atoms with Crippen molar-refractivity contribution in [2.75, 3.05) is 5.32 Å². The molecule has 0 aliphatic rings. The van der Waals surface area contributed by atoms with Gasteiger partial charge in [0.15, 0.2) is 5.76 Å². The minimum Gasteiger partial charge on any atom is -0.458 e. The van der Waals surface area contributed by atoms with E-state index < -0.39 is 0 Å². The van der Waals surface area contributed by atoms with Crippen LogP contribution in [0.4, 0.5) is 5.82 Å². The van der Waals surface area contributed by atoms with Crippen molar-refractivity contribution in [1.29, 1.82) is 0 Å². The Hall–Kier alpha value is -2.25. The van der Waals surface area contributed by atoms with Gasteiger partial charge in [-0.3, -0.25) is 0 Å². The van der Waals surface area contributed by atoms with Crippen molar-refractivity contribution in [2.24, 2.45) is 0 Å². The highest BCUT2D eigenvalue weighted by atomic mass is 32.1. The molecular formula is C15H12N4OS2. The molecule has 4 aromatic rings. The molecule has 22 heavy (non-hydrogen) atoms. The van der Waals surface area contributed by atoms with Gasteiger partial charge in [0.2, 0.25) is 0 Å². The summed E-state index contributed by atoms with van der Waals surface area (Å²) >= 11 is 3.22. The minimum atomic E-state index is 0.574. The second-order valence-corrected chi connectivity index (χ2v) is 6.69. The molecule has 0 aliphatic heterocycles. The molecule has 0 amide bonds. The number of furan rings is 1. The Kier molecular flexibility index (Phi) is 3.36. The Morgan fingerprint density at radius 1 is 1.18 bits per heavy atom. The van der Waals surface area contributed by atoms with E-state index in [1.54, 1.807) is 29.0 Å². The standard InChI is InChI=1S/C15H12N4OS2/c1-9-19-12(7-22-9)13-3-2-10(20-13)6-16-14-11-4-5-21-15(11)18-8-17-14/h2-5,7-8H,6H2,1H3,(H,16,17,18). The number of fused-ring (bicyclic) bond motifs is 1. The van der Waals surface area contributed by atoms with Gasteiger partial charge in [-0.1, -0.05) is 0 Å². The first-order valence-electron chi connectivity index (χ1n) is 6.73. The van der Waals surface area contributed by atoms with Gasteiger partial charge in [-0.05, 0) is 30.5 Å². The molecule has 4 aromatic heterocycles. The van der Waals surface area contributed by atoms with Gasteiger partial charge in [0.05, 0.1) is 16.9 Å². The number of thiophene rings is 1. The molecule has 1 N–H and O–H groups in total. The average molecular weight is 328 g/mol. The van der Waals surface area contributed by atoms with Gasteiger partial charge in [-0.2, -0.15) is 0 Å². The first kappa shape index (κ1) is 13.4. The summed E-state index contributed by atoms with van der Waals surface area (Å²) in [5.41, 5.74) is 0.885. The van der Waals surface area contributed by atoms with Crippen molar-refractivity contribution in [1.82, 2.24) is 15.0 Å². The quantitative estimate of drug-likeness (QED) is 0.604. The molecule has 0 aromatic carbocycles. The van der Waals surface area contributed by atoms with Gasteiger partial charge in [-0.15, -0.1) is 22.7 Å². The van der Waals surface area contributed by atoms with Crippen molar-refractivity contribution in [2.45, 2.75) is 13.5 Å². The van der Waals surface area contributed by atoms with Gasteiger partial charge < -0.3 is 9.73 Å². The third-order valence-electron chi connectivity index (χ3n) is 3.22. The Morgan fingerprint density at radius 3 is 3.00 bits per heavy atom.